The third-order valence-corrected chi connectivity index (χ3v) is 4.16. The molecule has 0 atom stereocenters. The zero-order chi connectivity index (χ0) is 16.5. The van der Waals surface area contributed by atoms with Gasteiger partial charge in [-0.15, -0.1) is 0 Å². The van der Waals surface area contributed by atoms with E-state index in [2.05, 4.69) is 21.4 Å². The summed E-state index contributed by atoms with van der Waals surface area (Å²) in [5, 5.41) is 5.00. The molecular formula is C20H17N3O. The summed E-state index contributed by atoms with van der Waals surface area (Å²) >= 11 is 0. The Morgan fingerprint density at radius 3 is 2.58 bits per heavy atom. The van der Waals surface area contributed by atoms with Gasteiger partial charge in [-0.25, -0.2) is 4.98 Å². The smallest absolute Gasteiger partial charge is 0.270 e. The molecule has 2 N–H and O–H groups in total. The van der Waals surface area contributed by atoms with Crippen molar-refractivity contribution in [1.82, 2.24) is 15.3 Å². The highest BCUT2D eigenvalue weighted by atomic mass is 16.1. The van der Waals surface area contributed by atoms with Crippen molar-refractivity contribution < 1.29 is 4.79 Å². The third kappa shape index (κ3) is 2.24. The van der Waals surface area contributed by atoms with Gasteiger partial charge in [-0.05, 0) is 18.6 Å². The molecule has 0 aliphatic carbocycles. The van der Waals surface area contributed by atoms with Crippen LogP contribution in [0.4, 0.5) is 0 Å². The molecule has 0 aliphatic heterocycles. The maximum atomic E-state index is 12.6. The Balaban J connectivity index is 2.13. The number of carbonyl (C=O) groups excluding carboxylic acids is 1. The number of aromatic nitrogens is 2. The Hall–Kier alpha value is -3.14. The zero-order valence-corrected chi connectivity index (χ0v) is 13.3. The van der Waals surface area contributed by atoms with Gasteiger partial charge >= 0.3 is 0 Å². The van der Waals surface area contributed by atoms with Gasteiger partial charge in [0, 0.05) is 28.4 Å². The molecule has 0 fully saturated rings. The Labute approximate surface area is 139 Å². The van der Waals surface area contributed by atoms with Crippen molar-refractivity contribution in [1.29, 1.82) is 0 Å². The molecule has 0 bridgehead atoms. The second-order valence-corrected chi connectivity index (χ2v) is 5.67. The van der Waals surface area contributed by atoms with Gasteiger partial charge in [-0.1, -0.05) is 48.5 Å². The summed E-state index contributed by atoms with van der Waals surface area (Å²) in [6, 6.07) is 18.1. The van der Waals surface area contributed by atoms with Crippen molar-refractivity contribution in [2.75, 3.05) is 6.54 Å². The highest BCUT2D eigenvalue weighted by Crippen LogP contribution is 2.35. The van der Waals surface area contributed by atoms with Crippen molar-refractivity contribution >= 4 is 27.7 Å². The van der Waals surface area contributed by atoms with E-state index in [1.807, 2.05) is 55.5 Å². The largest absolute Gasteiger partial charge is 0.353 e. The van der Waals surface area contributed by atoms with Crippen LogP contribution in [0, 0.1) is 0 Å². The van der Waals surface area contributed by atoms with Crippen molar-refractivity contribution in [3.63, 3.8) is 0 Å². The number of H-pyrrole nitrogens is 1. The Morgan fingerprint density at radius 1 is 1.04 bits per heavy atom. The number of carbonyl (C=O) groups is 1. The quantitative estimate of drug-likeness (QED) is 0.597. The van der Waals surface area contributed by atoms with Gasteiger partial charge in [0.25, 0.3) is 5.91 Å². The highest BCUT2D eigenvalue weighted by Gasteiger charge is 2.19. The average Bonchev–Trinajstić information content (AvgIpc) is 3.00. The van der Waals surface area contributed by atoms with Crippen LogP contribution in [0.5, 0.6) is 0 Å². The third-order valence-electron chi connectivity index (χ3n) is 4.16. The van der Waals surface area contributed by atoms with Crippen LogP contribution in [0.3, 0.4) is 0 Å². The average molecular weight is 315 g/mol. The van der Waals surface area contributed by atoms with Crippen molar-refractivity contribution in [2.24, 2.45) is 0 Å². The van der Waals surface area contributed by atoms with Crippen LogP contribution in [-0.2, 0) is 0 Å². The van der Waals surface area contributed by atoms with Gasteiger partial charge in [0.05, 0.1) is 11.7 Å². The Kier molecular flexibility index (Phi) is 3.50. The first-order valence-corrected chi connectivity index (χ1v) is 8.02. The maximum Gasteiger partial charge on any atom is 0.270 e. The molecule has 1 amide bonds. The van der Waals surface area contributed by atoms with Crippen LogP contribution >= 0.6 is 0 Å². The summed E-state index contributed by atoms with van der Waals surface area (Å²) in [7, 11) is 0. The van der Waals surface area contributed by atoms with Crippen molar-refractivity contribution in [2.45, 2.75) is 6.92 Å². The van der Waals surface area contributed by atoms with Crippen molar-refractivity contribution in [3.8, 4) is 11.1 Å². The van der Waals surface area contributed by atoms with Gasteiger partial charge in [0.2, 0.25) is 0 Å². The summed E-state index contributed by atoms with van der Waals surface area (Å²) < 4.78 is 0. The molecule has 0 aliphatic rings. The first kappa shape index (κ1) is 14.5. The molecule has 0 saturated carbocycles. The molecule has 4 rings (SSSR count). The SMILES string of the molecule is CCNC(=O)c1ncc2[nH]c3ccccc3c2c1-c1ccccc1. The van der Waals surface area contributed by atoms with E-state index in [0.717, 1.165) is 32.9 Å². The minimum atomic E-state index is -0.150. The monoisotopic (exact) mass is 315 g/mol. The number of benzene rings is 2. The molecule has 2 heterocycles. The second kappa shape index (κ2) is 5.81. The van der Waals surface area contributed by atoms with E-state index in [9.17, 15) is 4.79 Å². The number of hydrogen-bond donors (Lipinski definition) is 2. The van der Waals surface area contributed by atoms with E-state index in [0.29, 0.717) is 12.2 Å². The van der Waals surface area contributed by atoms with Gasteiger partial charge in [0.15, 0.2) is 0 Å². The van der Waals surface area contributed by atoms with Gasteiger partial charge in [-0.3, -0.25) is 4.79 Å². The lowest BCUT2D eigenvalue weighted by Gasteiger charge is -2.11. The number of pyridine rings is 1. The molecule has 0 unspecified atom stereocenters. The fraction of sp³-hybridized carbons (Fsp3) is 0.100. The Bertz CT molecular complexity index is 1030. The number of nitrogens with zero attached hydrogens (tertiary/aromatic N) is 1. The van der Waals surface area contributed by atoms with Gasteiger partial charge < -0.3 is 10.3 Å². The summed E-state index contributed by atoms with van der Waals surface area (Å²) in [4.78, 5) is 20.4. The number of nitrogens with one attached hydrogen (secondary N) is 2. The number of hydrogen-bond acceptors (Lipinski definition) is 2. The molecule has 2 aromatic heterocycles. The Morgan fingerprint density at radius 2 is 1.79 bits per heavy atom. The molecule has 0 radical (unpaired) electrons. The van der Waals surface area contributed by atoms with E-state index in [1.54, 1.807) is 6.20 Å². The van der Waals surface area contributed by atoms with E-state index < -0.39 is 0 Å². The molecule has 24 heavy (non-hydrogen) atoms. The fourth-order valence-electron chi connectivity index (χ4n) is 3.14. The number of amides is 1. The van der Waals surface area contributed by atoms with Crippen LogP contribution in [0.2, 0.25) is 0 Å². The molecule has 118 valence electrons. The van der Waals surface area contributed by atoms with Gasteiger partial charge in [-0.2, -0.15) is 0 Å². The van der Waals surface area contributed by atoms with E-state index in [1.165, 1.54) is 0 Å². The number of para-hydroxylation sites is 1. The number of aromatic amines is 1. The summed E-state index contributed by atoms with van der Waals surface area (Å²) in [6.45, 7) is 2.48. The summed E-state index contributed by atoms with van der Waals surface area (Å²) in [5.74, 6) is -0.150. The lowest BCUT2D eigenvalue weighted by atomic mass is 9.97. The van der Waals surface area contributed by atoms with Crippen LogP contribution in [0.15, 0.2) is 60.8 Å². The van der Waals surface area contributed by atoms with E-state index in [4.69, 9.17) is 0 Å². The van der Waals surface area contributed by atoms with Gasteiger partial charge in [0.1, 0.15) is 5.69 Å². The van der Waals surface area contributed by atoms with Crippen LogP contribution in [0.25, 0.3) is 32.9 Å². The lowest BCUT2D eigenvalue weighted by molar-refractivity contribution is 0.0952. The number of fused-ring (bicyclic) bond motifs is 3. The van der Waals surface area contributed by atoms with E-state index >= 15 is 0 Å². The zero-order valence-electron chi connectivity index (χ0n) is 13.3. The molecule has 4 nitrogen and oxygen atoms in total. The first-order valence-electron chi connectivity index (χ1n) is 8.02. The normalized spacial score (nSPS) is 11.0. The topological polar surface area (TPSA) is 57.8 Å². The summed E-state index contributed by atoms with van der Waals surface area (Å²) in [6.07, 6.45) is 1.74. The molecule has 4 heteroatoms. The van der Waals surface area contributed by atoms with Crippen LogP contribution < -0.4 is 5.32 Å². The molecule has 0 spiro atoms. The maximum absolute atomic E-state index is 12.6. The second-order valence-electron chi connectivity index (χ2n) is 5.67. The first-order chi connectivity index (χ1) is 11.8. The van der Waals surface area contributed by atoms with Crippen LogP contribution in [-0.4, -0.2) is 22.4 Å². The molecule has 2 aromatic carbocycles. The number of rotatable bonds is 3. The lowest BCUT2D eigenvalue weighted by Crippen LogP contribution is -2.24. The predicted octanol–water partition coefficient (Wildman–Crippen LogP) is 4.13. The molecule has 4 aromatic rings. The summed E-state index contributed by atoms with van der Waals surface area (Å²) in [5.41, 5.74) is 4.29. The molecular weight excluding hydrogens is 298 g/mol. The minimum absolute atomic E-state index is 0.150. The standard InChI is InChI=1S/C20H17N3O/c1-2-21-20(24)19-17(13-8-4-3-5-9-13)18-14-10-6-7-11-15(14)23-16(18)12-22-19/h3-12,23H,2H2,1H3,(H,21,24). The van der Waals surface area contributed by atoms with Crippen LogP contribution in [0.1, 0.15) is 17.4 Å². The minimum Gasteiger partial charge on any atom is -0.353 e. The van der Waals surface area contributed by atoms with Crippen molar-refractivity contribution in [3.05, 3.63) is 66.5 Å². The predicted molar refractivity (Wildman–Crippen MR) is 97.0 cm³/mol. The fourth-order valence-corrected chi connectivity index (χ4v) is 3.14. The van der Waals surface area contributed by atoms with E-state index in [-0.39, 0.29) is 5.91 Å². The highest BCUT2D eigenvalue weighted by molar-refractivity contribution is 6.18. The molecule has 0 saturated heterocycles.